The molecule has 3 amide bonds. The molecule has 2 saturated carbocycles. The molecule has 2 aromatic carbocycles. The number of allylic oxidation sites excluding steroid dienone is 1. The first-order valence-corrected chi connectivity index (χ1v) is 21.3. The summed E-state index contributed by atoms with van der Waals surface area (Å²) in [4.78, 5) is 64.9. The Morgan fingerprint density at radius 1 is 1.07 bits per heavy atom. The van der Waals surface area contributed by atoms with Crippen molar-refractivity contribution in [3.63, 3.8) is 0 Å². The van der Waals surface area contributed by atoms with Gasteiger partial charge in [0, 0.05) is 43.3 Å². The SMILES string of the molecule is C=C[C@@H]1C[C@]1(CC(=O)[C@@H]1C[C@@H](Oc2nc(-c3ccccc3)cc3cc(OC)ccc23)CN1C(=O)[C@@H](CC(=O)N1CCOCC1)C(C)(C)C)C(=O)NS(=O)(=O)C1CC1. The monoisotopic (exact) mass is 800 g/mol. The fourth-order valence-corrected chi connectivity index (χ4v) is 9.54. The van der Waals surface area contributed by atoms with Crippen molar-refractivity contribution in [2.45, 2.75) is 76.7 Å². The normalized spacial score (nSPS) is 24.1. The van der Waals surface area contributed by atoms with Gasteiger partial charge in [-0.2, -0.15) is 0 Å². The van der Waals surface area contributed by atoms with Gasteiger partial charge in [-0.3, -0.25) is 23.9 Å². The van der Waals surface area contributed by atoms with Crippen molar-refractivity contribution in [3.05, 3.63) is 67.3 Å². The van der Waals surface area contributed by atoms with Crippen molar-refractivity contribution in [1.82, 2.24) is 19.5 Å². The van der Waals surface area contributed by atoms with E-state index in [1.165, 1.54) is 4.90 Å². The van der Waals surface area contributed by atoms with Crippen LogP contribution < -0.4 is 14.2 Å². The number of benzene rings is 2. The summed E-state index contributed by atoms with van der Waals surface area (Å²) >= 11 is 0. The zero-order valence-corrected chi connectivity index (χ0v) is 33.9. The van der Waals surface area contributed by atoms with Crippen molar-refractivity contribution in [2.75, 3.05) is 40.0 Å². The minimum absolute atomic E-state index is 0.0304. The molecule has 2 aliphatic heterocycles. The number of nitrogens with one attached hydrogen (secondary N) is 1. The lowest BCUT2D eigenvalue weighted by Gasteiger charge is -2.36. The number of ketones is 1. The highest BCUT2D eigenvalue weighted by molar-refractivity contribution is 7.90. The van der Waals surface area contributed by atoms with Gasteiger partial charge in [-0.25, -0.2) is 13.4 Å². The van der Waals surface area contributed by atoms with Gasteiger partial charge in [-0.05, 0) is 60.2 Å². The van der Waals surface area contributed by atoms with Crippen LogP contribution in [0.3, 0.4) is 0 Å². The van der Waals surface area contributed by atoms with Gasteiger partial charge in [0.2, 0.25) is 33.6 Å². The second-order valence-electron chi connectivity index (χ2n) is 16.9. The number of carbonyl (C=O) groups excluding carboxylic acids is 4. The van der Waals surface area contributed by atoms with E-state index in [4.69, 9.17) is 19.2 Å². The Bertz CT molecular complexity index is 2160. The molecule has 0 unspecified atom stereocenters. The number of rotatable bonds is 14. The van der Waals surface area contributed by atoms with Crippen molar-refractivity contribution in [2.24, 2.45) is 22.7 Å². The minimum Gasteiger partial charge on any atom is -0.497 e. The summed E-state index contributed by atoms with van der Waals surface area (Å²) in [6, 6.07) is 16.2. The summed E-state index contributed by atoms with van der Waals surface area (Å²) in [5.41, 5.74) is -0.424. The Balaban J connectivity index is 1.21. The standard InChI is InChI=1S/C43H52N4O9S/c1-6-29-24-43(29,41(51)45-57(52,53)32-13-14-32)25-37(48)36-22-31(26-47(36)40(50)34(42(2,3)4)23-38(49)46-16-18-55-19-17-46)56-39-33-15-12-30(54-5)20-28(33)21-35(44-39)27-10-8-7-9-11-27/h6-12,15,20-21,29,31-32,34,36H,1,13-14,16-19,22-26H2,2-5H3,(H,45,51)/t29-,31-,34-,36+,43-/m1/s1. The molecule has 7 rings (SSSR count). The predicted molar refractivity (Wildman–Crippen MR) is 214 cm³/mol. The third-order valence-corrected chi connectivity index (χ3v) is 13.7. The molecule has 2 aliphatic carbocycles. The van der Waals surface area contributed by atoms with Crippen LogP contribution in [0.25, 0.3) is 22.0 Å². The van der Waals surface area contributed by atoms with E-state index in [2.05, 4.69) is 11.3 Å². The largest absolute Gasteiger partial charge is 0.497 e. The average Bonchev–Trinajstić information content (AvgIpc) is 4.13. The first-order valence-electron chi connectivity index (χ1n) is 19.7. The summed E-state index contributed by atoms with van der Waals surface area (Å²) in [6.45, 7) is 11.3. The van der Waals surface area contributed by atoms with Crippen LogP contribution in [0.5, 0.6) is 11.6 Å². The first kappa shape index (κ1) is 40.4. The van der Waals surface area contributed by atoms with E-state index < -0.39 is 56.0 Å². The van der Waals surface area contributed by atoms with Crippen LogP contribution in [-0.4, -0.2) is 104 Å². The maximum Gasteiger partial charge on any atom is 0.240 e. The molecule has 13 nitrogen and oxygen atoms in total. The zero-order chi connectivity index (χ0) is 40.7. The van der Waals surface area contributed by atoms with Gasteiger partial charge < -0.3 is 24.0 Å². The fourth-order valence-electron chi connectivity index (χ4n) is 8.16. The number of ether oxygens (including phenoxy) is 3. The van der Waals surface area contributed by atoms with Crippen LogP contribution in [0.4, 0.5) is 0 Å². The van der Waals surface area contributed by atoms with Gasteiger partial charge in [0.05, 0.1) is 55.2 Å². The molecule has 3 aromatic rings. The van der Waals surface area contributed by atoms with Crippen LogP contribution in [0, 0.1) is 22.7 Å². The summed E-state index contributed by atoms with van der Waals surface area (Å²) < 4.78 is 45.6. The molecule has 0 bridgehead atoms. The van der Waals surface area contributed by atoms with E-state index >= 15 is 0 Å². The number of hydrogen-bond donors (Lipinski definition) is 1. The summed E-state index contributed by atoms with van der Waals surface area (Å²) in [7, 11) is -2.27. The van der Waals surface area contributed by atoms with E-state index in [9.17, 15) is 27.6 Å². The lowest BCUT2D eigenvalue weighted by Crippen LogP contribution is -2.50. The summed E-state index contributed by atoms with van der Waals surface area (Å²) in [5, 5.41) is 0.923. The van der Waals surface area contributed by atoms with E-state index in [-0.39, 0.29) is 49.8 Å². The molecular weight excluding hydrogens is 749 g/mol. The number of sulfonamides is 1. The number of carbonyl (C=O) groups is 4. The molecule has 304 valence electrons. The number of methoxy groups -OCH3 is 1. The second kappa shape index (κ2) is 15.8. The number of Topliss-reactive ketones (excluding diaryl/α,β-unsaturated/α-hetero) is 1. The van der Waals surface area contributed by atoms with Gasteiger partial charge in [-0.1, -0.05) is 57.2 Å². The topological polar surface area (TPSA) is 162 Å². The van der Waals surface area contributed by atoms with E-state index in [0.29, 0.717) is 61.9 Å². The molecular formula is C43H52N4O9S. The molecule has 1 N–H and O–H groups in total. The quantitative estimate of drug-likeness (QED) is 0.222. The molecule has 3 heterocycles. The highest BCUT2D eigenvalue weighted by Gasteiger charge is 2.61. The Morgan fingerprint density at radius 3 is 2.42 bits per heavy atom. The molecule has 4 fully saturated rings. The van der Waals surface area contributed by atoms with E-state index in [0.717, 1.165) is 10.9 Å². The van der Waals surface area contributed by atoms with Gasteiger partial charge in [0.15, 0.2) is 5.78 Å². The number of aromatic nitrogens is 1. The minimum atomic E-state index is -3.87. The fraction of sp³-hybridized carbons (Fsp3) is 0.512. The van der Waals surface area contributed by atoms with Gasteiger partial charge >= 0.3 is 0 Å². The maximum atomic E-state index is 14.9. The number of likely N-dealkylation sites (tertiary alicyclic amines) is 1. The van der Waals surface area contributed by atoms with Gasteiger partial charge in [0.1, 0.15) is 11.9 Å². The molecule has 4 aliphatic rings. The Morgan fingerprint density at radius 2 is 1.79 bits per heavy atom. The zero-order valence-electron chi connectivity index (χ0n) is 33.1. The first-order chi connectivity index (χ1) is 27.1. The third-order valence-electron chi connectivity index (χ3n) is 11.9. The smallest absolute Gasteiger partial charge is 0.240 e. The van der Waals surface area contributed by atoms with Crippen LogP contribution in [0.1, 0.15) is 59.3 Å². The lowest BCUT2D eigenvalue weighted by atomic mass is 9.77. The highest BCUT2D eigenvalue weighted by atomic mass is 32.2. The predicted octanol–water partition coefficient (Wildman–Crippen LogP) is 4.93. The number of nitrogens with zero attached hydrogens (tertiary/aromatic N) is 3. The average molecular weight is 801 g/mol. The Labute approximate surface area is 334 Å². The second-order valence-corrected chi connectivity index (χ2v) is 18.8. The molecule has 2 saturated heterocycles. The molecule has 0 spiro atoms. The third kappa shape index (κ3) is 8.57. The van der Waals surface area contributed by atoms with Crippen molar-refractivity contribution < 1.29 is 41.8 Å². The number of pyridine rings is 1. The number of amides is 3. The highest BCUT2D eigenvalue weighted by Crippen LogP contribution is 2.57. The van der Waals surface area contributed by atoms with Crippen molar-refractivity contribution >= 4 is 44.3 Å². The Hall–Kier alpha value is -4.82. The van der Waals surface area contributed by atoms with E-state index in [1.807, 2.05) is 75.4 Å². The maximum absolute atomic E-state index is 14.9. The molecule has 57 heavy (non-hydrogen) atoms. The van der Waals surface area contributed by atoms with Crippen molar-refractivity contribution in [3.8, 4) is 22.9 Å². The lowest BCUT2D eigenvalue weighted by molar-refractivity contribution is -0.149. The Kier molecular flexibility index (Phi) is 11.2. The van der Waals surface area contributed by atoms with Crippen LogP contribution in [-0.2, 0) is 33.9 Å². The van der Waals surface area contributed by atoms with Crippen LogP contribution >= 0.6 is 0 Å². The van der Waals surface area contributed by atoms with Crippen LogP contribution in [0.15, 0.2) is 67.3 Å². The van der Waals surface area contributed by atoms with Crippen molar-refractivity contribution in [1.29, 1.82) is 0 Å². The molecule has 5 atom stereocenters. The van der Waals surface area contributed by atoms with Gasteiger partial charge in [0.25, 0.3) is 0 Å². The number of fused-ring (bicyclic) bond motifs is 1. The summed E-state index contributed by atoms with van der Waals surface area (Å²) in [5.74, 6) is -1.83. The van der Waals surface area contributed by atoms with Gasteiger partial charge in [-0.15, -0.1) is 6.58 Å². The molecule has 14 heteroatoms. The molecule has 0 radical (unpaired) electrons. The van der Waals surface area contributed by atoms with Crippen LogP contribution in [0.2, 0.25) is 0 Å². The molecule has 1 aromatic heterocycles. The number of hydrogen-bond acceptors (Lipinski definition) is 10. The van der Waals surface area contributed by atoms with E-state index in [1.54, 1.807) is 18.1 Å². The number of morpholine rings is 1. The summed E-state index contributed by atoms with van der Waals surface area (Å²) in [6.07, 6.45) is 1.89.